The molecule has 1 saturated carbocycles. The summed E-state index contributed by atoms with van der Waals surface area (Å²) in [5.41, 5.74) is 0.660. The van der Waals surface area contributed by atoms with Gasteiger partial charge in [0.1, 0.15) is 12.6 Å². The van der Waals surface area contributed by atoms with Crippen molar-refractivity contribution in [2.45, 2.75) is 43.9 Å². The van der Waals surface area contributed by atoms with Crippen molar-refractivity contribution in [1.29, 1.82) is 0 Å². The molecule has 0 aromatic heterocycles. The summed E-state index contributed by atoms with van der Waals surface area (Å²) in [6.45, 7) is 0.179. The first-order valence-electron chi connectivity index (χ1n) is 6.85. The summed E-state index contributed by atoms with van der Waals surface area (Å²) < 4.78 is 5.27. The maximum Gasteiger partial charge on any atom is 0.411 e. The van der Waals surface area contributed by atoms with E-state index in [0.717, 1.165) is 24.8 Å². The number of carbonyl (C=O) groups is 2. The number of benzene rings is 1. The molecule has 3 rings (SSSR count). The third kappa shape index (κ3) is 2.03. The van der Waals surface area contributed by atoms with Gasteiger partial charge in [0.25, 0.3) is 0 Å². The number of carboxylic acids is 1. The number of hydrogen-bond acceptors (Lipinski definition) is 3. The summed E-state index contributed by atoms with van der Waals surface area (Å²) in [7, 11) is 0. The Bertz CT molecular complexity index is 524. The predicted octanol–water partition coefficient (Wildman–Crippen LogP) is 2.40. The van der Waals surface area contributed by atoms with Crippen LogP contribution in [0.25, 0.3) is 0 Å². The number of amides is 1. The molecule has 1 aliphatic carbocycles. The minimum atomic E-state index is -0.945. The average molecular weight is 275 g/mol. The topological polar surface area (TPSA) is 66.8 Å². The quantitative estimate of drug-likeness (QED) is 0.919. The average Bonchev–Trinajstić information content (AvgIpc) is 2.34. The Morgan fingerprint density at radius 3 is 2.55 bits per heavy atom. The van der Waals surface area contributed by atoms with E-state index in [2.05, 4.69) is 0 Å². The van der Waals surface area contributed by atoms with E-state index in [1.165, 1.54) is 4.90 Å². The lowest BCUT2D eigenvalue weighted by Crippen LogP contribution is -2.72. The molecule has 5 heteroatoms. The summed E-state index contributed by atoms with van der Waals surface area (Å²) in [4.78, 5) is 24.7. The molecule has 1 spiro atoms. The van der Waals surface area contributed by atoms with Gasteiger partial charge in [0, 0.05) is 12.0 Å². The Balaban J connectivity index is 1.64. The van der Waals surface area contributed by atoms with Crippen LogP contribution >= 0.6 is 0 Å². The van der Waals surface area contributed by atoms with Gasteiger partial charge in [-0.15, -0.1) is 0 Å². The minimum Gasteiger partial charge on any atom is -0.480 e. The lowest BCUT2D eigenvalue weighted by molar-refractivity contribution is -0.166. The molecule has 20 heavy (non-hydrogen) atoms. The highest BCUT2D eigenvalue weighted by molar-refractivity contribution is 5.83. The second-order valence-corrected chi connectivity index (χ2v) is 5.55. The molecular weight excluding hydrogens is 258 g/mol. The van der Waals surface area contributed by atoms with E-state index in [1.54, 1.807) is 0 Å². The van der Waals surface area contributed by atoms with E-state index in [9.17, 15) is 9.59 Å². The Morgan fingerprint density at radius 1 is 1.30 bits per heavy atom. The Hall–Kier alpha value is -2.04. The van der Waals surface area contributed by atoms with E-state index in [4.69, 9.17) is 9.84 Å². The molecule has 1 aromatic rings. The fourth-order valence-electron chi connectivity index (χ4n) is 3.11. The molecule has 1 atom stereocenters. The van der Waals surface area contributed by atoms with E-state index < -0.39 is 18.1 Å². The first-order valence-corrected chi connectivity index (χ1v) is 6.85. The van der Waals surface area contributed by atoms with Crippen LogP contribution in [0.1, 0.15) is 31.2 Å². The molecule has 0 bridgehead atoms. The molecule has 0 radical (unpaired) electrons. The molecule has 106 valence electrons. The molecule has 1 unspecified atom stereocenters. The number of likely N-dealkylation sites (tertiary alicyclic amines) is 1. The monoisotopic (exact) mass is 275 g/mol. The summed E-state index contributed by atoms with van der Waals surface area (Å²) >= 11 is 0. The standard InChI is InChI=1S/C15H17NO4/c17-13(18)12-9-15(7-4-8-15)16(12)14(19)20-10-11-5-2-1-3-6-11/h1-3,5-6,12H,4,7-10H2,(H,17,18). The number of nitrogens with zero attached hydrogens (tertiary/aromatic N) is 1. The van der Waals surface area contributed by atoms with Crippen molar-refractivity contribution in [3.05, 3.63) is 35.9 Å². The van der Waals surface area contributed by atoms with Gasteiger partial charge in [0.05, 0.1) is 0 Å². The van der Waals surface area contributed by atoms with Gasteiger partial charge in [0.15, 0.2) is 0 Å². The molecule has 1 N–H and O–H groups in total. The Kier molecular flexibility index (Phi) is 3.12. The van der Waals surface area contributed by atoms with Gasteiger partial charge in [-0.3, -0.25) is 4.90 Å². The molecule has 5 nitrogen and oxygen atoms in total. The summed E-state index contributed by atoms with van der Waals surface area (Å²) in [6, 6.07) is 8.66. The van der Waals surface area contributed by atoms with Crippen LogP contribution < -0.4 is 0 Å². The zero-order valence-corrected chi connectivity index (χ0v) is 11.1. The minimum absolute atomic E-state index is 0.179. The lowest BCUT2D eigenvalue weighted by Gasteiger charge is -2.60. The van der Waals surface area contributed by atoms with Crippen molar-refractivity contribution in [2.75, 3.05) is 0 Å². The van der Waals surface area contributed by atoms with Gasteiger partial charge in [-0.25, -0.2) is 9.59 Å². The van der Waals surface area contributed by atoms with Crippen LogP contribution in [-0.2, 0) is 16.1 Å². The van der Waals surface area contributed by atoms with Crippen LogP contribution in [0.2, 0.25) is 0 Å². The molecule has 1 aliphatic heterocycles. The molecule has 1 saturated heterocycles. The van der Waals surface area contributed by atoms with E-state index >= 15 is 0 Å². The van der Waals surface area contributed by atoms with Crippen molar-refractivity contribution < 1.29 is 19.4 Å². The Morgan fingerprint density at radius 2 is 2.00 bits per heavy atom. The summed E-state index contributed by atoms with van der Waals surface area (Å²) in [5.74, 6) is -0.945. The van der Waals surface area contributed by atoms with Gasteiger partial charge in [-0.05, 0) is 24.8 Å². The van der Waals surface area contributed by atoms with Gasteiger partial charge < -0.3 is 9.84 Å². The van der Waals surface area contributed by atoms with Crippen molar-refractivity contribution in [1.82, 2.24) is 4.90 Å². The highest BCUT2D eigenvalue weighted by Gasteiger charge is 2.60. The zero-order valence-electron chi connectivity index (χ0n) is 11.1. The smallest absolute Gasteiger partial charge is 0.411 e. The predicted molar refractivity (Wildman–Crippen MR) is 71.1 cm³/mol. The van der Waals surface area contributed by atoms with Crippen molar-refractivity contribution in [2.24, 2.45) is 0 Å². The summed E-state index contributed by atoms with van der Waals surface area (Å²) in [5, 5.41) is 9.14. The number of aliphatic carboxylic acids is 1. The van der Waals surface area contributed by atoms with Gasteiger partial charge in [0.2, 0.25) is 0 Å². The van der Waals surface area contributed by atoms with E-state index in [1.807, 2.05) is 30.3 Å². The van der Waals surface area contributed by atoms with Crippen LogP contribution in [0, 0.1) is 0 Å². The van der Waals surface area contributed by atoms with Gasteiger partial charge in [-0.2, -0.15) is 0 Å². The van der Waals surface area contributed by atoms with Crippen LogP contribution in [0.4, 0.5) is 4.79 Å². The third-order valence-corrected chi connectivity index (χ3v) is 4.37. The van der Waals surface area contributed by atoms with E-state index in [0.29, 0.717) is 6.42 Å². The maximum atomic E-state index is 12.2. The van der Waals surface area contributed by atoms with Crippen LogP contribution in [-0.4, -0.2) is 33.6 Å². The fraction of sp³-hybridized carbons (Fsp3) is 0.467. The first-order chi connectivity index (χ1) is 9.62. The van der Waals surface area contributed by atoms with Crippen LogP contribution in [0.5, 0.6) is 0 Å². The third-order valence-electron chi connectivity index (χ3n) is 4.37. The first kappa shape index (κ1) is 13.0. The van der Waals surface area contributed by atoms with Crippen molar-refractivity contribution >= 4 is 12.1 Å². The summed E-state index contributed by atoms with van der Waals surface area (Å²) in [6.07, 6.45) is 2.87. The molecule has 1 amide bonds. The van der Waals surface area contributed by atoms with Crippen molar-refractivity contribution in [3.8, 4) is 0 Å². The highest BCUT2D eigenvalue weighted by Crippen LogP contribution is 2.51. The second-order valence-electron chi connectivity index (χ2n) is 5.55. The highest BCUT2D eigenvalue weighted by atomic mass is 16.6. The fourth-order valence-corrected chi connectivity index (χ4v) is 3.11. The molecule has 1 heterocycles. The zero-order chi connectivity index (χ0) is 14.2. The number of carboxylic acid groups (broad SMARTS) is 1. The normalized spacial score (nSPS) is 22.8. The van der Waals surface area contributed by atoms with E-state index in [-0.39, 0.29) is 12.1 Å². The molecular formula is C15H17NO4. The van der Waals surface area contributed by atoms with Gasteiger partial charge >= 0.3 is 12.1 Å². The number of carbonyl (C=O) groups excluding carboxylic acids is 1. The molecule has 2 fully saturated rings. The molecule has 2 aliphatic rings. The van der Waals surface area contributed by atoms with Crippen LogP contribution in [0.15, 0.2) is 30.3 Å². The Labute approximate surface area is 117 Å². The second kappa shape index (κ2) is 4.81. The number of rotatable bonds is 3. The lowest BCUT2D eigenvalue weighted by atomic mass is 9.64. The largest absolute Gasteiger partial charge is 0.480 e. The molecule has 1 aromatic carbocycles. The van der Waals surface area contributed by atoms with Gasteiger partial charge in [-0.1, -0.05) is 30.3 Å². The number of ether oxygens (including phenoxy) is 1. The van der Waals surface area contributed by atoms with Crippen LogP contribution in [0.3, 0.4) is 0 Å². The SMILES string of the molecule is O=C(O)C1CC2(CCC2)N1C(=O)OCc1ccccc1. The number of hydrogen-bond donors (Lipinski definition) is 1. The van der Waals surface area contributed by atoms with Crippen molar-refractivity contribution in [3.63, 3.8) is 0 Å². The maximum absolute atomic E-state index is 12.2.